The van der Waals surface area contributed by atoms with E-state index in [1.165, 1.54) is 12.1 Å². The number of rotatable bonds is 1. The summed E-state index contributed by atoms with van der Waals surface area (Å²) >= 11 is 0. The van der Waals surface area contributed by atoms with Crippen LogP contribution >= 0.6 is 0 Å². The molecule has 2 aromatic rings. The fourth-order valence-electron chi connectivity index (χ4n) is 1.55. The minimum atomic E-state index is -0.370. The van der Waals surface area contributed by atoms with Crippen molar-refractivity contribution in [1.82, 2.24) is 4.98 Å². The molecule has 4 heteroatoms. The lowest BCUT2D eigenvalue weighted by molar-refractivity contribution is 0.533. The summed E-state index contributed by atoms with van der Waals surface area (Å²) in [6, 6.07) is 2.60. The molecule has 0 saturated heterocycles. The van der Waals surface area contributed by atoms with Crippen LogP contribution in [-0.2, 0) is 0 Å². The van der Waals surface area contributed by atoms with Gasteiger partial charge in [0.25, 0.3) is 0 Å². The number of nitrogen functional groups attached to an aromatic ring is 1. The summed E-state index contributed by atoms with van der Waals surface area (Å²) in [5, 5.41) is 0. The minimum absolute atomic E-state index is 0.319. The molecule has 1 heterocycles. The normalized spacial score (nSPS) is 16.4. The predicted molar refractivity (Wildman–Crippen MR) is 50.4 cm³/mol. The lowest BCUT2D eigenvalue weighted by Gasteiger charge is -1.92. The molecule has 3 rings (SSSR count). The van der Waals surface area contributed by atoms with Gasteiger partial charge in [-0.15, -0.1) is 0 Å². The molecule has 0 radical (unpaired) electrons. The fourth-order valence-corrected chi connectivity index (χ4v) is 1.55. The van der Waals surface area contributed by atoms with Crippen LogP contribution in [-0.4, -0.2) is 4.98 Å². The van der Waals surface area contributed by atoms with Crippen molar-refractivity contribution in [3.63, 3.8) is 0 Å². The maximum absolute atomic E-state index is 13.0. The molecule has 2 N–H and O–H groups in total. The largest absolute Gasteiger partial charge is 0.438 e. The van der Waals surface area contributed by atoms with E-state index in [1.54, 1.807) is 0 Å². The van der Waals surface area contributed by atoms with E-state index < -0.39 is 0 Å². The Labute approximate surface area is 79.7 Å². The number of aromatic nitrogens is 1. The molecule has 0 aliphatic heterocycles. The van der Waals surface area contributed by atoms with Gasteiger partial charge in [-0.05, 0) is 12.8 Å². The number of nitrogens with two attached hydrogens (primary N) is 1. The number of oxazole rings is 1. The van der Waals surface area contributed by atoms with Gasteiger partial charge in [0.2, 0.25) is 0 Å². The number of fused-ring (bicyclic) bond motifs is 1. The molecule has 3 nitrogen and oxygen atoms in total. The lowest BCUT2D eigenvalue weighted by atomic mass is 10.3. The van der Waals surface area contributed by atoms with Crippen molar-refractivity contribution in [3.8, 4) is 0 Å². The summed E-state index contributed by atoms with van der Waals surface area (Å²) in [5.41, 5.74) is 6.96. The van der Waals surface area contributed by atoms with Crippen LogP contribution < -0.4 is 5.73 Å². The van der Waals surface area contributed by atoms with Crippen molar-refractivity contribution in [1.29, 1.82) is 0 Å². The van der Waals surface area contributed by atoms with Crippen molar-refractivity contribution in [2.45, 2.75) is 18.8 Å². The van der Waals surface area contributed by atoms with Gasteiger partial charge in [0.1, 0.15) is 11.3 Å². The molecular formula is C10H9FN2O. The second-order valence-corrected chi connectivity index (χ2v) is 3.67. The monoisotopic (exact) mass is 192 g/mol. The third-order valence-corrected chi connectivity index (χ3v) is 2.43. The summed E-state index contributed by atoms with van der Waals surface area (Å²) in [7, 11) is 0. The van der Waals surface area contributed by atoms with Crippen LogP contribution in [0.4, 0.5) is 10.1 Å². The first-order chi connectivity index (χ1) is 6.74. The Hall–Kier alpha value is -1.58. The van der Waals surface area contributed by atoms with Crippen LogP contribution in [0.3, 0.4) is 0 Å². The number of anilines is 1. The fraction of sp³-hybridized carbons (Fsp3) is 0.300. The van der Waals surface area contributed by atoms with E-state index in [4.69, 9.17) is 10.2 Å². The average molecular weight is 192 g/mol. The smallest absolute Gasteiger partial charge is 0.198 e. The molecule has 0 unspecified atom stereocenters. The molecule has 1 aromatic heterocycles. The SMILES string of the molecule is Nc1cc(F)cc2nc(C3CC3)oc12. The standard InChI is InChI=1S/C10H9FN2O/c11-6-3-7(12)9-8(4-6)13-10(14-9)5-1-2-5/h3-5H,1-2,12H2. The maximum atomic E-state index is 13.0. The summed E-state index contributed by atoms with van der Waals surface area (Å²) < 4.78 is 18.4. The molecule has 1 aliphatic rings. The Kier molecular flexibility index (Phi) is 1.37. The molecule has 0 amide bonds. The van der Waals surface area contributed by atoms with Crippen molar-refractivity contribution >= 4 is 16.8 Å². The highest BCUT2D eigenvalue weighted by Gasteiger charge is 2.29. The Morgan fingerprint density at radius 3 is 2.93 bits per heavy atom. The van der Waals surface area contributed by atoms with E-state index in [9.17, 15) is 4.39 Å². The highest BCUT2D eigenvalue weighted by atomic mass is 19.1. The number of benzene rings is 1. The van der Waals surface area contributed by atoms with Gasteiger partial charge in [-0.1, -0.05) is 0 Å². The molecule has 0 bridgehead atoms. The zero-order valence-electron chi connectivity index (χ0n) is 7.46. The van der Waals surface area contributed by atoms with Crippen molar-refractivity contribution in [3.05, 3.63) is 23.8 Å². The van der Waals surface area contributed by atoms with E-state index in [2.05, 4.69) is 4.98 Å². The first-order valence-electron chi connectivity index (χ1n) is 4.59. The zero-order chi connectivity index (χ0) is 9.71. The first kappa shape index (κ1) is 7.79. The van der Waals surface area contributed by atoms with Crippen LogP contribution in [0.2, 0.25) is 0 Å². The van der Waals surface area contributed by atoms with E-state index in [1.807, 2.05) is 0 Å². The topological polar surface area (TPSA) is 52.0 Å². The number of hydrogen-bond acceptors (Lipinski definition) is 3. The third kappa shape index (κ3) is 1.07. The Bertz CT molecular complexity index is 502. The molecule has 14 heavy (non-hydrogen) atoms. The molecule has 72 valence electrons. The molecule has 0 spiro atoms. The van der Waals surface area contributed by atoms with Crippen LogP contribution in [0.5, 0.6) is 0 Å². The summed E-state index contributed by atoms with van der Waals surface area (Å²) in [4.78, 5) is 4.21. The van der Waals surface area contributed by atoms with Crippen molar-refractivity contribution in [2.75, 3.05) is 5.73 Å². The van der Waals surface area contributed by atoms with E-state index in [0.717, 1.165) is 12.8 Å². The predicted octanol–water partition coefficient (Wildman–Crippen LogP) is 2.43. The maximum Gasteiger partial charge on any atom is 0.198 e. The summed E-state index contributed by atoms with van der Waals surface area (Å²) in [6.07, 6.45) is 2.21. The molecule has 1 aliphatic carbocycles. The van der Waals surface area contributed by atoms with E-state index in [-0.39, 0.29) is 5.82 Å². The second-order valence-electron chi connectivity index (χ2n) is 3.67. The summed E-state index contributed by atoms with van der Waals surface area (Å²) in [5.74, 6) is 0.743. The average Bonchev–Trinajstić information content (AvgIpc) is 2.87. The Balaban J connectivity index is 2.26. The lowest BCUT2D eigenvalue weighted by Crippen LogP contribution is -1.86. The highest BCUT2D eigenvalue weighted by molar-refractivity contribution is 5.84. The number of halogens is 1. The quantitative estimate of drug-likeness (QED) is 0.706. The van der Waals surface area contributed by atoms with E-state index in [0.29, 0.717) is 28.6 Å². The van der Waals surface area contributed by atoms with E-state index >= 15 is 0 Å². The number of nitrogens with zero attached hydrogens (tertiary/aromatic N) is 1. The van der Waals surface area contributed by atoms with Gasteiger partial charge < -0.3 is 10.2 Å². The van der Waals surface area contributed by atoms with Gasteiger partial charge in [0.15, 0.2) is 11.5 Å². The highest BCUT2D eigenvalue weighted by Crippen LogP contribution is 2.41. The minimum Gasteiger partial charge on any atom is -0.438 e. The second kappa shape index (κ2) is 2.47. The third-order valence-electron chi connectivity index (χ3n) is 2.43. The molecule has 1 fully saturated rings. The van der Waals surface area contributed by atoms with Crippen molar-refractivity contribution in [2.24, 2.45) is 0 Å². The zero-order valence-corrected chi connectivity index (χ0v) is 7.46. The van der Waals surface area contributed by atoms with Crippen LogP contribution in [0.1, 0.15) is 24.7 Å². The summed E-state index contributed by atoms with van der Waals surface area (Å²) in [6.45, 7) is 0. The molecule has 1 saturated carbocycles. The van der Waals surface area contributed by atoms with Crippen molar-refractivity contribution < 1.29 is 8.81 Å². The number of hydrogen-bond donors (Lipinski definition) is 1. The van der Waals surface area contributed by atoms with Gasteiger partial charge >= 0.3 is 0 Å². The molecule has 1 aromatic carbocycles. The van der Waals surface area contributed by atoms with Gasteiger partial charge in [-0.3, -0.25) is 0 Å². The van der Waals surface area contributed by atoms with Gasteiger partial charge in [0.05, 0.1) is 5.69 Å². The Morgan fingerprint density at radius 1 is 1.43 bits per heavy atom. The Morgan fingerprint density at radius 2 is 2.21 bits per heavy atom. The molecule has 0 atom stereocenters. The first-order valence-corrected chi connectivity index (χ1v) is 4.59. The molecular weight excluding hydrogens is 183 g/mol. The van der Waals surface area contributed by atoms with Gasteiger partial charge in [-0.25, -0.2) is 9.37 Å². The van der Waals surface area contributed by atoms with Crippen LogP contribution in [0, 0.1) is 5.82 Å². The van der Waals surface area contributed by atoms with Crippen LogP contribution in [0.15, 0.2) is 16.5 Å². The van der Waals surface area contributed by atoms with Gasteiger partial charge in [-0.2, -0.15) is 0 Å². The van der Waals surface area contributed by atoms with Crippen LogP contribution in [0.25, 0.3) is 11.1 Å². The van der Waals surface area contributed by atoms with Gasteiger partial charge in [0, 0.05) is 18.1 Å².